The second-order valence-electron chi connectivity index (χ2n) is 3.43. The SMILES string of the molecule is CC1=CC(=O)c2ncc(C)cc2C1=O. The predicted molar refractivity (Wildman–Crippen MR) is 51.4 cm³/mol. The molecule has 1 aromatic rings. The summed E-state index contributed by atoms with van der Waals surface area (Å²) in [6.07, 6.45) is 2.94. The van der Waals surface area contributed by atoms with Crippen LogP contribution in [-0.4, -0.2) is 16.6 Å². The Morgan fingerprint density at radius 1 is 1.21 bits per heavy atom. The molecule has 0 N–H and O–H groups in total. The molecule has 70 valence electrons. The Bertz CT molecular complexity index is 472. The monoisotopic (exact) mass is 187 g/mol. The fraction of sp³-hybridized carbons (Fsp3) is 0.182. The number of fused-ring (bicyclic) bond motifs is 1. The van der Waals surface area contributed by atoms with E-state index in [0.717, 1.165) is 5.56 Å². The van der Waals surface area contributed by atoms with Gasteiger partial charge in [0.2, 0.25) is 5.78 Å². The van der Waals surface area contributed by atoms with Crippen LogP contribution >= 0.6 is 0 Å². The van der Waals surface area contributed by atoms with E-state index in [1.54, 1.807) is 19.2 Å². The van der Waals surface area contributed by atoms with E-state index in [1.807, 2.05) is 6.92 Å². The van der Waals surface area contributed by atoms with Gasteiger partial charge in [-0.2, -0.15) is 0 Å². The van der Waals surface area contributed by atoms with Crippen LogP contribution in [0.1, 0.15) is 33.3 Å². The second kappa shape index (κ2) is 2.87. The molecule has 0 radical (unpaired) electrons. The number of carbonyl (C=O) groups is 2. The van der Waals surface area contributed by atoms with Crippen LogP contribution in [0.15, 0.2) is 23.9 Å². The van der Waals surface area contributed by atoms with E-state index in [0.29, 0.717) is 11.1 Å². The molecule has 1 aromatic heterocycles. The van der Waals surface area contributed by atoms with Crippen molar-refractivity contribution in [1.82, 2.24) is 4.98 Å². The maximum Gasteiger partial charge on any atom is 0.205 e. The molecule has 14 heavy (non-hydrogen) atoms. The van der Waals surface area contributed by atoms with Crippen molar-refractivity contribution in [3.8, 4) is 0 Å². The van der Waals surface area contributed by atoms with Crippen LogP contribution in [0.4, 0.5) is 0 Å². The second-order valence-corrected chi connectivity index (χ2v) is 3.43. The van der Waals surface area contributed by atoms with Gasteiger partial charge in [-0.15, -0.1) is 0 Å². The van der Waals surface area contributed by atoms with Gasteiger partial charge in [0.1, 0.15) is 5.69 Å². The molecule has 0 aromatic carbocycles. The predicted octanol–water partition coefficient (Wildman–Crippen LogP) is 1.72. The van der Waals surface area contributed by atoms with Crippen LogP contribution in [0.25, 0.3) is 0 Å². The molecule has 0 unspecified atom stereocenters. The third-order valence-corrected chi connectivity index (χ3v) is 2.21. The molecule has 3 nitrogen and oxygen atoms in total. The largest absolute Gasteiger partial charge is 0.289 e. The highest BCUT2D eigenvalue weighted by atomic mass is 16.1. The molecule has 0 bridgehead atoms. The van der Waals surface area contributed by atoms with Gasteiger partial charge in [-0.25, -0.2) is 0 Å². The van der Waals surface area contributed by atoms with Crippen LogP contribution in [-0.2, 0) is 0 Å². The highest BCUT2D eigenvalue weighted by Crippen LogP contribution is 2.19. The minimum atomic E-state index is -0.183. The Hall–Kier alpha value is -1.77. The van der Waals surface area contributed by atoms with Crippen LogP contribution < -0.4 is 0 Å². The van der Waals surface area contributed by atoms with E-state index in [9.17, 15) is 9.59 Å². The molecule has 0 atom stereocenters. The molecule has 3 heteroatoms. The Balaban J connectivity index is 2.69. The number of carbonyl (C=O) groups excluding carboxylic acids is 2. The summed E-state index contributed by atoms with van der Waals surface area (Å²) in [5, 5.41) is 0. The molecule has 0 aliphatic heterocycles. The molecule has 1 aliphatic carbocycles. The molecule has 2 rings (SSSR count). The summed E-state index contributed by atoms with van der Waals surface area (Å²) in [6, 6.07) is 1.71. The summed E-state index contributed by atoms with van der Waals surface area (Å²) >= 11 is 0. The van der Waals surface area contributed by atoms with Crippen molar-refractivity contribution in [2.24, 2.45) is 0 Å². The quantitative estimate of drug-likeness (QED) is 0.621. The normalized spacial score (nSPS) is 15.1. The molecule has 1 heterocycles. The van der Waals surface area contributed by atoms with E-state index >= 15 is 0 Å². The molecule has 0 saturated heterocycles. The molecule has 1 aliphatic rings. The van der Waals surface area contributed by atoms with Gasteiger partial charge in [0.25, 0.3) is 0 Å². The molecule has 0 spiro atoms. The lowest BCUT2D eigenvalue weighted by atomic mass is 9.93. The average Bonchev–Trinajstić information content (AvgIpc) is 2.14. The number of Topliss-reactive ketones (excluding diaryl/α,β-unsaturated/α-hetero) is 1. The lowest BCUT2D eigenvalue weighted by Gasteiger charge is -2.11. The summed E-state index contributed by atoms with van der Waals surface area (Å²) in [5.41, 5.74) is 2.07. The maximum absolute atomic E-state index is 11.7. The maximum atomic E-state index is 11.7. The zero-order valence-electron chi connectivity index (χ0n) is 8.00. The Morgan fingerprint density at radius 3 is 2.64 bits per heavy atom. The van der Waals surface area contributed by atoms with Gasteiger partial charge in [-0.3, -0.25) is 14.6 Å². The van der Waals surface area contributed by atoms with E-state index in [-0.39, 0.29) is 17.3 Å². The smallest absolute Gasteiger partial charge is 0.205 e. The van der Waals surface area contributed by atoms with Crippen molar-refractivity contribution in [1.29, 1.82) is 0 Å². The number of rotatable bonds is 0. The van der Waals surface area contributed by atoms with Crippen molar-refractivity contribution >= 4 is 11.6 Å². The van der Waals surface area contributed by atoms with Gasteiger partial charge in [-0.1, -0.05) is 0 Å². The minimum absolute atomic E-state index is 0.101. The van der Waals surface area contributed by atoms with E-state index in [2.05, 4.69) is 4.98 Å². The molecular formula is C11H9NO2. The summed E-state index contributed by atoms with van der Waals surface area (Å²) in [7, 11) is 0. The number of pyridine rings is 1. The first-order valence-corrected chi connectivity index (χ1v) is 4.33. The van der Waals surface area contributed by atoms with Gasteiger partial charge in [-0.05, 0) is 31.6 Å². The standard InChI is InChI=1S/C11H9NO2/c1-6-3-8-10(12-5-6)9(13)4-7(2)11(8)14/h3-5H,1-2H3. The fourth-order valence-electron chi connectivity index (χ4n) is 1.48. The third kappa shape index (κ3) is 1.18. The first-order valence-electron chi connectivity index (χ1n) is 4.33. The van der Waals surface area contributed by atoms with Crippen LogP contribution in [0, 0.1) is 6.92 Å². The van der Waals surface area contributed by atoms with Gasteiger partial charge < -0.3 is 0 Å². The van der Waals surface area contributed by atoms with Crippen molar-refractivity contribution in [2.75, 3.05) is 0 Å². The lowest BCUT2D eigenvalue weighted by Crippen LogP contribution is -2.17. The first kappa shape index (κ1) is 8.81. The van der Waals surface area contributed by atoms with E-state index in [1.165, 1.54) is 6.08 Å². The molecule has 0 saturated carbocycles. The summed E-state index contributed by atoms with van der Waals surface area (Å²) in [6.45, 7) is 3.49. The van der Waals surface area contributed by atoms with E-state index in [4.69, 9.17) is 0 Å². The zero-order valence-corrected chi connectivity index (χ0v) is 8.00. The number of aromatic nitrogens is 1. The number of nitrogens with zero attached hydrogens (tertiary/aromatic N) is 1. The fourth-order valence-corrected chi connectivity index (χ4v) is 1.48. The topological polar surface area (TPSA) is 47.0 Å². The highest BCUT2D eigenvalue weighted by molar-refractivity contribution is 6.23. The number of ketones is 2. The summed E-state index contributed by atoms with van der Waals surface area (Å²) < 4.78 is 0. The van der Waals surface area contributed by atoms with Gasteiger partial charge in [0.15, 0.2) is 5.78 Å². The highest BCUT2D eigenvalue weighted by Gasteiger charge is 2.23. The number of aryl methyl sites for hydroxylation is 1. The minimum Gasteiger partial charge on any atom is -0.289 e. The number of allylic oxidation sites excluding steroid dienone is 2. The van der Waals surface area contributed by atoms with Gasteiger partial charge >= 0.3 is 0 Å². The summed E-state index contributed by atoms with van der Waals surface area (Å²) in [5.74, 6) is -0.284. The Labute approximate surface area is 81.5 Å². The van der Waals surface area contributed by atoms with Crippen molar-refractivity contribution < 1.29 is 9.59 Å². The Kier molecular flexibility index (Phi) is 1.81. The average molecular weight is 187 g/mol. The van der Waals surface area contributed by atoms with Crippen LogP contribution in [0.3, 0.4) is 0 Å². The van der Waals surface area contributed by atoms with Crippen molar-refractivity contribution in [3.63, 3.8) is 0 Å². The van der Waals surface area contributed by atoms with Gasteiger partial charge in [0, 0.05) is 11.8 Å². The van der Waals surface area contributed by atoms with E-state index < -0.39 is 0 Å². The van der Waals surface area contributed by atoms with Crippen LogP contribution in [0.2, 0.25) is 0 Å². The summed E-state index contributed by atoms with van der Waals surface area (Å²) in [4.78, 5) is 27.1. The molecule has 0 fully saturated rings. The molecular weight excluding hydrogens is 178 g/mol. The number of hydrogen-bond donors (Lipinski definition) is 0. The third-order valence-electron chi connectivity index (χ3n) is 2.21. The van der Waals surface area contributed by atoms with Crippen LogP contribution in [0.5, 0.6) is 0 Å². The zero-order chi connectivity index (χ0) is 10.3. The first-order chi connectivity index (χ1) is 6.59. The Morgan fingerprint density at radius 2 is 1.93 bits per heavy atom. The van der Waals surface area contributed by atoms with Crippen molar-refractivity contribution in [3.05, 3.63) is 40.7 Å². The number of hydrogen-bond acceptors (Lipinski definition) is 3. The van der Waals surface area contributed by atoms with Crippen molar-refractivity contribution in [2.45, 2.75) is 13.8 Å². The lowest BCUT2D eigenvalue weighted by molar-refractivity contribution is 0.0981. The molecule has 0 amide bonds. The van der Waals surface area contributed by atoms with Gasteiger partial charge in [0.05, 0.1) is 5.56 Å².